The molecule has 0 bridgehead atoms. The van der Waals surface area contributed by atoms with E-state index in [0.717, 1.165) is 30.2 Å². The van der Waals surface area contributed by atoms with Gasteiger partial charge in [0.15, 0.2) is 5.16 Å². The number of aromatic nitrogens is 2. The molecule has 0 unspecified atom stereocenters. The third-order valence-electron chi connectivity index (χ3n) is 4.78. The molecule has 0 atom stereocenters. The Bertz CT molecular complexity index is 1250. The van der Waals surface area contributed by atoms with Gasteiger partial charge in [0.2, 0.25) is 5.91 Å². The first-order chi connectivity index (χ1) is 15.8. The first-order valence-electron chi connectivity index (χ1n) is 10.4. The molecule has 10 heteroatoms. The monoisotopic (exact) mass is 488 g/mol. The molecule has 0 aliphatic carbocycles. The highest BCUT2D eigenvalue weighted by Gasteiger charge is 2.18. The zero-order chi connectivity index (χ0) is 24.0. The molecule has 0 aliphatic rings. The Balaban J connectivity index is 1.97. The Kier molecular flexibility index (Phi) is 8.35. The molecule has 174 valence electrons. The number of fused-ring (bicyclic) bond motifs is 1. The van der Waals surface area contributed by atoms with E-state index in [-0.39, 0.29) is 16.5 Å². The first-order valence-corrected chi connectivity index (χ1v) is 11.8. The number of imide groups is 1. The second-order valence-electron chi connectivity index (χ2n) is 7.32. The predicted molar refractivity (Wildman–Crippen MR) is 131 cm³/mol. The number of halogens is 1. The smallest absolute Gasteiger partial charge is 0.321 e. The Hall–Kier alpha value is -3.04. The van der Waals surface area contributed by atoms with Crippen molar-refractivity contribution in [2.45, 2.75) is 31.8 Å². The number of urea groups is 1. The van der Waals surface area contributed by atoms with Crippen LogP contribution in [0.2, 0.25) is 5.02 Å². The van der Waals surface area contributed by atoms with E-state index >= 15 is 0 Å². The fourth-order valence-corrected chi connectivity index (χ4v) is 4.11. The van der Waals surface area contributed by atoms with Crippen LogP contribution in [0.15, 0.2) is 46.3 Å². The van der Waals surface area contributed by atoms with Gasteiger partial charge in [-0.25, -0.2) is 9.78 Å². The number of carbonyl (C=O) groups excluding carboxylic acids is 2. The van der Waals surface area contributed by atoms with Crippen molar-refractivity contribution >= 4 is 46.2 Å². The summed E-state index contributed by atoms with van der Waals surface area (Å²) in [4.78, 5) is 42.2. The lowest BCUT2D eigenvalue weighted by atomic mass is 10.2. The van der Waals surface area contributed by atoms with Crippen molar-refractivity contribution in [3.8, 4) is 11.4 Å². The SMILES string of the molecule is CCCCNC(=O)NC(=O)CSc1nc2cc(Cl)ccc2c(=O)n1-c1cc(C)ccc1OC. The molecule has 0 aliphatic heterocycles. The van der Waals surface area contributed by atoms with Gasteiger partial charge in [0.25, 0.3) is 5.56 Å². The Morgan fingerprint density at radius 2 is 2.00 bits per heavy atom. The molecule has 0 fully saturated rings. The van der Waals surface area contributed by atoms with Gasteiger partial charge in [-0.05, 0) is 49.2 Å². The number of aryl methyl sites for hydroxylation is 1. The highest BCUT2D eigenvalue weighted by atomic mass is 35.5. The van der Waals surface area contributed by atoms with Crippen molar-refractivity contribution in [3.63, 3.8) is 0 Å². The number of hydrogen-bond acceptors (Lipinski definition) is 6. The predicted octanol–water partition coefficient (Wildman–Crippen LogP) is 4.07. The fraction of sp³-hybridized carbons (Fsp3) is 0.304. The number of ether oxygens (including phenoxy) is 1. The van der Waals surface area contributed by atoms with Crippen LogP contribution in [0, 0.1) is 6.92 Å². The van der Waals surface area contributed by atoms with E-state index in [1.165, 1.54) is 11.7 Å². The molecule has 3 rings (SSSR count). The molecule has 8 nitrogen and oxygen atoms in total. The molecule has 0 saturated heterocycles. The molecule has 33 heavy (non-hydrogen) atoms. The van der Waals surface area contributed by atoms with E-state index in [1.807, 2.05) is 26.0 Å². The summed E-state index contributed by atoms with van der Waals surface area (Å²) in [6.07, 6.45) is 1.76. The number of amides is 3. The van der Waals surface area contributed by atoms with Crippen LogP contribution >= 0.6 is 23.4 Å². The van der Waals surface area contributed by atoms with Gasteiger partial charge in [-0.1, -0.05) is 42.8 Å². The number of hydrogen-bond donors (Lipinski definition) is 2. The van der Waals surface area contributed by atoms with E-state index in [0.29, 0.717) is 33.9 Å². The van der Waals surface area contributed by atoms with Crippen LogP contribution in [0.25, 0.3) is 16.6 Å². The summed E-state index contributed by atoms with van der Waals surface area (Å²) in [5.74, 6) is -0.134. The number of nitrogens with zero attached hydrogens (tertiary/aromatic N) is 2. The van der Waals surface area contributed by atoms with Gasteiger partial charge in [-0.3, -0.25) is 19.5 Å². The molecule has 1 aromatic heterocycles. The molecule has 2 aromatic carbocycles. The Morgan fingerprint density at radius 3 is 2.73 bits per heavy atom. The molecule has 0 radical (unpaired) electrons. The van der Waals surface area contributed by atoms with Crippen LogP contribution in [0.3, 0.4) is 0 Å². The van der Waals surface area contributed by atoms with Crippen LogP contribution < -0.4 is 20.9 Å². The zero-order valence-corrected chi connectivity index (χ0v) is 20.2. The molecule has 0 saturated carbocycles. The van der Waals surface area contributed by atoms with Crippen LogP contribution in [0.4, 0.5) is 4.79 Å². The summed E-state index contributed by atoms with van der Waals surface area (Å²) in [5.41, 5.74) is 1.52. The van der Waals surface area contributed by atoms with Gasteiger partial charge in [0, 0.05) is 11.6 Å². The van der Waals surface area contributed by atoms with E-state index in [2.05, 4.69) is 15.6 Å². The largest absolute Gasteiger partial charge is 0.495 e. The lowest BCUT2D eigenvalue weighted by Gasteiger charge is -2.16. The number of rotatable bonds is 8. The van der Waals surface area contributed by atoms with Crippen molar-refractivity contribution in [2.75, 3.05) is 19.4 Å². The van der Waals surface area contributed by atoms with E-state index in [9.17, 15) is 14.4 Å². The minimum absolute atomic E-state index is 0.117. The highest BCUT2D eigenvalue weighted by Crippen LogP contribution is 2.28. The fourth-order valence-electron chi connectivity index (χ4n) is 3.14. The number of methoxy groups -OCH3 is 1. The van der Waals surface area contributed by atoms with Crippen LogP contribution in [-0.2, 0) is 4.79 Å². The second-order valence-corrected chi connectivity index (χ2v) is 8.70. The topological polar surface area (TPSA) is 102 Å². The molecule has 2 N–H and O–H groups in total. The Morgan fingerprint density at radius 1 is 1.21 bits per heavy atom. The van der Waals surface area contributed by atoms with Gasteiger partial charge < -0.3 is 10.1 Å². The van der Waals surface area contributed by atoms with Gasteiger partial charge in [0.05, 0.1) is 29.5 Å². The average molecular weight is 489 g/mol. The minimum atomic E-state index is -0.551. The number of nitrogens with one attached hydrogen (secondary N) is 2. The molecular weight excluding hydrogens is 464 g/mol. The number of benzene rings is 2. The van der Waals surface area contributed by atoms with Gasteiger partial charge in [0.1, 0.15) is 5.75 Å². The third kappa shape index (κ3) is 6.06. The maximum absolute atomic E-state index is 13.5. The summed E-state index contributed by atoms with van der Waals surface area (Å²) in [7, 11) is 1.52. The van der Waals surface area contributed by atoms with Crippen molar-refractivity contribution in [1.29, 1.82) is 0 Å². The summed E-state index contributed by atoms with van der Waals surface area (Å²) in [6, 6.07) is 9.75. The zero-order valence-electron chi connectivity index (χ0n) is 18.6. The standard InChI is InChI=1S/C23H25ClN4O4S/c1-4-5-10-25-22(31)27-20(29)13-33-23-26-17-12-15(24)7-8-16(17)21(30)28(23)18-11-14(2)6-9-19(18)32-3/h6-9,11-12H,4-5,10,13H2,1-3H3,(H2,25,27,29,31). The van der Waals surface area contributed by atoms with Crippen molar-refractivity contribution in [1.82, 2.24) is 20.2 Å². The number of carbonyl (C=O) groups is 2. The third-order valence-corrected chi connectivity index (χ3v) is 5.95. The highest BCUT2D eigenvalue weighted by molar-refractivity contribution is 7.99. The number of thioether (sulfide) groups is 1. The molecular formula is C23H25ClN4O4S. The van der Waals surface area contributed by atoms with Crippen LogP contribution in [-0.4, -0.2) is 40.9 Å². The number of unbranched alkanes of at least 4 members (excludes halogenated alkanes) is 1. The van der Waals surface area contributed by atoms with Crippen LogP contribution in [0.5, 0.6) is 5.75 Å². The molecule has 0 spiro atoms. The minimum Gasteiger partial charge on any atom is -0.495 e. The van der Waals surface area contributed by atoms with Crippen molar-refractivity contribution < 1.29 is 14.3 Å². The molecule has 3 amide bonds. The average Bonchev–Trinajstić information content (AvgIpc) is 2.77. The lowest BCUT2D eigenvalue weighted by molar-refractivity contribution is -0.117. The Labute approximate surface area is 200 Å². The summed E-state index contributed by atoms with van der Waals surface area (Å²) >= 11 is 7.14. The van der Waals surface area contributed by atoms with Crippen molar-refractivity contribution in [3.05, 3.63) is 57.3 Å². The van der Waals surface area contributed by atoms with Crippen LogP contribution in [0.1, 0.15) is 25.3 Å². The van der Waals surface area contributed by atoms with Gasteiger partial charge in [-0.2, -0.15) is 0 Å². The van der Waals surface area contributed by atoms with Crippen molar-refractivity contribution in [2.24, 2.45) is 0 Å². The lowest BCUT2D eigenvalue weighted by Crippen LogP contribution is -2.40. The second kappa shape index (κ2) is 11.2. The normalized spacial score (nSPS) is 10.8. The molecule has 3 aromatic rings. The van der Waals surface area contributed by atoms with Gasteiger partial charge in [-0.15, -0.1) is 0 Å². The first kappa shape index (κ1) is 24.6. The maximum atomic E-state index is 13.5. The van der Waals surface area contributed by atoms with E-state index in [4.69, 9.17) is 16.3 Å². The summed E-state index contributed by atoms with van der Waals surface area (Å²) in [6.45, 7) is 4.40. The maximum Gasteiger partial charge on any atom is 0.321 e. The summed E-state index contributed by atoms with van der Waals surface area (Å²) in [5, 5.41) is 6.02. The quantitative estimate of drug-likeness (QED) is 0.281. The van der Waals surface area contributed by atoms with E-state index in [1.54, 1.807) is 24.3 Å². The van der Waals surface area contributed by atoms with E-state index < -0.39 is 11.9 Å². The summed E-state index contributed by atoms with van der Waals surface area (Å²) < 4.78 is 6.89. The van der Waals surface area contributed by atoms with Gasteiger partial charge >= 0.3 is 6.03 Å². The molecule has 1 heterocycles.